The number of ether oxygens (including phenoxy) is 1. The molecular weight excluding hydrogens is 458 g/mol. The van der Waals surface area contributed by atoms with Crippen LogP contribution in [0.2, 0.25) is 0 Å². The van der Waals surface area contributed by atoms with Crippen LogP contribution in [0.25, 0.3) is 16.8 Å². The average molecular weight is 484 g/mol. The lowest BCUT2D eigenvalue weighted by molar-refractivity contribution is -0.132. The normalized spacial score (nSPS) is 17.2. The molecule has 4 aromatic rings. The molecule has 0 saturated carbocycles. The summed E-state index contributed by atoms with van der Waals surface area (Å²) >= 11 is 0. The van der Waals surface area contributed by atoms with Gasteiger partial charge in [0.05, 0.1) is 29.3 Å². The summed E-state index contributed by atoms with van der Waals surface area (Å²) in [4.78, 5) is 35.7. The van der Waals surface area contributed by atoms with Crippen LogP contribution in [-0.4, -0.2) is 38.5 Å². The van der Waals surface area contributed by atoms with Gasteiger partial charge in [0.1, 0.15) is 5.76 Å². The topological polar surface area (TPSA) is 116 Å². The van der Waals surface area contributed by atoms with Crippen molar-refractivity contribution < 1.29 is 24.5 Å². The predicted molar refractivity (Wildman–Crippen MR) is 136 cm³/mol. The van der Waals surface area contributed by atoms with E-state index in [2.05, 4.69) is 9.97 Å². The Morgan fingerprint density at radius 3 is 2.47 bits per heavy atom. The number of aromatic nitrogens is 2. The zero-order chi connectivity index (χ0) is 25.6. The summed E-state index contributed by atoms with van der Waals surface area (Å²) in [6.45, 7) is 5.95. The van der Waals surface area contributed by atoms with Crippen LogP contribution in [0.3, 0.4) is 0 Å². The van der Waals surface area contributed by atoms with Gasteiger partial charge >= 0.3 is 5.91 Å². The van der Waals surface area contributed by atoms with E-state index >= 15 is 0 Å². The highest BCUT2D eigenvalue weighted by molar-refractivity contribution is 6.51. The molecule has 1 aliphatic rings. The first-order chi connectivity index (χ1) is 17.3. The van der Waals surface area contributed by atoms with Gasteiger partial charge in [0.25, 0.3) is 5.78 Å². The van der Waals surface area contributed by atoms with Crippen LogP contribution in [0.1, 0.15) is 35.2 Å². The molecule has 5 rings (SSSR count). The second-order valence-corrected chi connectivity index (χ2v) is 8.78. The molecule has 0 radical (unpaired) electrons. The molecule has 1 fully saturated rings. The van der Waals surface area contributed by atoms with Crippen molar-refractivity contribution in [3.63, 3.8) is 0 Å². The van der Waals surface area contributed by atoms with Crippen molar-refractivity contribution in [3.05, 3.63) is 88.5 Å². The number of anilines is 1. The Balaban J connectivity index is 1.74. The molecule has 1 aromatic heterocycles. The van der Waals surface area contributed by atoms with E-state index in [4.69, 9.17) is 4.74 Å². The maximum Gasteiger partial charge on any atom is 0.302 e. The number of phenols is 1. The highest BCUT2D eigenvalue weighted by Gasteiger charge is 2.48. The molecule has 0 spiro atoms. The van der Waals surface area contributed by atoms with Crippen LogP contribution in [0.4, 0.5) is 5.95 Å². The van der Waals surface area contributed by atoms with E-state index in [1.54, 1.807) is 31.2 Å². The number of fused-ring (bicyclic) bond motifs is 1. The van der Waals surface area contributed by atoms with E-state index in [0.29, 0.717) is 28.8 Å². The van der Waals surface area contributed by atoms with Crippen molar-refractivity contribution in [2.45, 2.75) is 26.8 Å². The van der Waals surface area contributed by atoms with Gasteiger partial charge in [-0.2, -0.15) is 0 Å². The Kier molecular flexibility index (Phi) is 5.72. The number of hydrogen-bond donors (Lipinski definition) is 3. The Morgan fingerprint density at radius 2 is 1.75 bits per heavy atom. The van der Waals surface area contributed by atoms with Crippen LogP contribution in [0.5, 0.6) is 11.5 Å². The number of amides is 1. The Morgan fingerprint density at radius 1 is 1.03 bits per heavy atom. The van der Waals surface area contributed by atoms with Gasteiger partial charge in [0.15, 0.2) is 11.5 Å². The van der Waals surface area contributed by atoms with Crippen LogP contribution in [0.15, 0.2) is 66.2 Å². The third-order valence-corrected chi connectivity index (χ3v) is 6.22. The predicted octanol–water partition coefficient (Wildman–Crippen LogP) is 4.91. The maximum atomic E-state index is 13.4. The largest absolute Gasteiger partial charge is 0.507 e. The average Bonchev–Trinajstić information content (AvgIpc) is 3.38. The first kappa shape index (κ1) is 23.2. The van der Waals surface area contributed by atoms with Crippen molar-refractivity contribution >= 4 is 34.4 Å². The highest BCUT2D eigenvalue weighted by atomic mass is 16.5. The van der Waals surface area contributed by atoms with Gasteiger partial charge in [0, 0.05) is 5.56 Å². The second-order valence-electron chi connectivity index (χ2n) is 8.78. The number of aromatic amines is 1. The minimum absolute atomic E-state index is 0.0738. The molecule has 1 aliphatic heterocycles. The van der Waals surface area contributed by atoms with Crippen LogP contribution < -0.4 is 9.64 Å². The van der Waals surface area contributed by atoms with Gasteiger partial charge < -0.3 is 19.9 Å². The summed E-state index contributed by atoms with van der Waals surface area (Å²) in [5.41, 5.74) is 4.15. The molecule has 1 saturated heterocycles. The number of phenolic OH excluding ortho intramolecular Hbond substituents is 1. The molecule has 1 amide bonds. The number of rotatable bonds is 5. The lowest BCUT2D eigenvalue weighted by Gasteiger charge is -2.23. The Labute approximate surface area is 207 Å². The lowest BCUT2D eigenvalue weighted by atomic mass is 9.95. The van der Waals surface area contributed by atoms with Crippen LogP contribution in [0, 0.1) is 13.8 Å². The fourth-order valence-electron chi connectivity index (χ4n) is 4.43. The first-order valence-corrected chi connectivity index (χ1v) is 11.6. The van der Waals surface area contributed by atoms with E-state index in [0.717, 1.165) is 11.1 Å². The van der Waals surface area contributed by atoms with Gasteiger partial charge in [-0.05, 0) is 56.2 Å². The number of aromatic hydroxyl groups is 1. The summed E-state index contributed by atoms with van der Waals surface area (Å²) in [5.74, 6) is -1.64. The number of hydrogen-bond acceptors (Lipinski definition) is 6. The zero-order valence-corrected chi connectivity index (χ0v) is 20.1. The smallest absolute Gasteiger partial charge is 0.302 e. The van der Waals surface area contributed by atoms with E-state index in [1.165, 1.54) is 11.0 Å². The summed E-state index contributed by atoms with van der Waals surface area (Å²) in [5, 5.41) is 21.5. The first-order valence-electron chi connectivity index (χ1n) is 11.6. The highest BCUT2D eigenvalue weighted by Crippen LogP contribution is 2.43. The van der Waals surface area contributed by atoms with Crippen LogP contribution in [-0.2, 0) is 9.59 Å². The summed E-state index contributed by atoms with van der Waals surface area (Å²) in [6.07, 6.45) is 0. The number of benzene rings is 3. The third kappa shape index (κ3) is 3.86. The van der Waals surface area contributed by atoms with Gasteiger partial charge in [-0.25, -0.2) is 4.98 Å². The van der Waals surface area contributed by atoms with Crippen molar-refractivity contribution in [1.29, 1.82) is 0 Å². The fraction of sp³-hybridized carbons (Fsp3) is 0.179. The zero-order valence-electron chi connectivity index (χ0n) is 20.1. The van der Waals surface area contributed by atoms with E-state index in [1.807, 2.05) is 44.2 Å². The lowest BCUT2D eigenvalue weighted by Crippen LogP contribution is -2.30. The summed E-state index contributed by atoms with van der Waals surface area (Å²) in [7, 11) is 0. The number of aliphatic hydroxyl groups excluding tert-OH is 1. The van der Waals surface area contributed by atoms with Gasteiger partial charge in [0.2, 0.25) is 5.95 Å². The molecule has 3 aromatic carbocycles. The maximum absolute atomic E-state index is 13.4. The molecule has 8 nitrogen and oxygen atoms in total. The number of H-pyrrole nitrogens is 1. The number of nitrogens with zero attached hydrogens (tertiary/aromatic N) is 2. The monoisotopic (exact) mass is 483 g/mol. The molecule has 36 heavy (non-hydrogen) atoms. The Hall–Kier alpha value is -4.59. The molecule has 1 unspecified atom stereocenters. The number of nitrogens with one attached hydrogen (secondary N) is 1. The number of carbonyl (C=O) groups is 2. The quantitative estimate of drug-likeness (QED) is 0.211. The standard InChI is InChI=1S/C28H25N3O5/c1-4-36-22-14-18(10-12-21(22)32)24-23(25(33)17-8-5-15(2)6-9-17)26(34)27(35)31(24)28-29-19-11-7-16(3)13-20(19)30-28/h5-14,24,32-33H,4H2,1-3H3,(H,29,30)/b25-23+. The number of carbonyl (C=O) groups excluding carboxylic acids is 2. The van der Waals surface area contributed by atoms with E-state index in [-0.39, 0.29) is 28.8 Å². The molecule has 182 valence electrons. The van der Waals surface area contributed by atoms with Crippen molar-refractivity contribution in [2.75, 3.05) is 11.5 Å². The van der Waals surface area contributed by atoms with Gasteiger partial charge in [-0.1, -0.05) is 42.0 Å². The van der Waals surface area contributed by atoms with Crippen LogP contribution >= 0.6 is 0 Å². The SMILES string of the molecule is CCOc1cc(C2/C(=C(\O)c3ccc(C)cc3)C(=O)C(=O)N2c2nc3ccc(C)cc3[nH]2)ccc1O. The van der Waals surface area contributed by atoms with Gasteiger partial charge in [-0.3, -0.25) is 14.5 Å². The van der Waals surface area contributed by atoms with Gasteiger partial charge in [-0.15, -0.1) is 0 Å². The number of ketones is 1. The molecule has 3 N–H and O–H groups in total. The minimum atomic E-state index is -1.01. The summed E-state index contributed by atoms with van der Waals surface area (Å²) < 4.78 is 5.55. The molecule has 1 atom stereocenters. The number of imidazole rings is 1. The molecule has 0 bridgehead atoms. The Bertz CT molecular complexity index is 1530. The molecule has 8 heteroatoms. The van der Waals surface area contributed by atoms with Crippen molar-refractivity contribution in [3.8, 4) is 11.5 Å². The molecular formula is C28H25N3O5. The fourth-order valence-corrected chi connectivity index (χ4v) is 4.43. The third-order valence-electron chi connectivity index (χ3n) is 6.22. The number of Topliss-reactive ketones (excluding diaryl/α,β-unsaturated/α-hetero) is 1. The second kappa shape index (κ2) is 8.88. The molecule has 2 heterocycles. The van der Waals surface area contributed by atoms with E-state index in [9.17, 15) is 19.8 Å². The minimum Gasteiger partial charge on any atom is -0.507 e. The molecule has 0 aliphatic carbocycles. The number of aryl methyl sites for hydroxylation is 2. The van der Waals surface area contributed by atoms with Crippen molar-refractivity contribution in [1.82, 2.24) is 9.97 Å². The van der Waals surface area contributed by atoms with Crippen molar-refractivity contribution in [2.24, 2.45) is 0 Å². The number of aliphatic hydroxyl groups is 1. The van der Waals surface area contributed by atoms with E-state index < -0.39 is 17.7 Å². The summed E-state index contributed by atoms with van der Waals surface area (Å²) in [6, 6.07) is 16.3.